The highest BCUT2D eigenvalue weighted by Crippen LogP contribution is 2.22. The summed E-state index contributed by atoms with van der Waals surface area (Å²) < 4.78 is 31.3. The van der Waals surface area contributed by atoms with Crippen LogP contribution in [-0.4, -0.2) is 33.9 Å². The lowest BCUT2D eigenvalue weighted by Crippen LogP contribution is -2.49. The summed E-state index contributed by atoms with van der Waals surface area (Å²) in [6, 6.07) is 5.74. The van der Waals surface area contributed by atoms with Crippen LogP contribution in [-0.2, 0) is 16.6 Å². The maximum atomic E-state index is 11.3. The summed E-state index contributed by atoms with van der Waals surface area (Å²) in [6.07, 6.45) is 1.16. The van der Waals surface area contributed by atoms with E-state index in [0.717, 1.165) is 22.0 Å². The van der Waals surface area contributed by atoms with Gasteiger partial charge in [-0.15, -0.1) is 0 Å². The van der Waals surface area contributed by atoms with Gasteiger partial charge in [0.2, 0.25) is 10.0 Å². The number of nitrogens with one attached hydrogen (secondary N) is 2. The molecule has 0 spiro atoms. The molecule has 0 aliphatic heterocycles. The Morgan fingerprint density at radius 3 is 2.55 bits per heavy atom. The Morgan fingerprint density at radius 1 is 1.35 bits per heavy atom. The Labute approximate surface area is 129 Å². The third kappa shape index (κ3) is 6.21. The van der Waals surface area contributed by atoms with E-state index in [1.807, 2.05) is 32.0 Å². The number of hydrogen-bond acceptors (Lipinski definition) is 4. The van der Waals surface area contributed by atoms with E-state index in [1.54, 1.807) is 7.11 Å². The van der Waals surface area contributed by atoms with Gasteiger partial charge in [0, 0.05) is 23.1 Å². The number of methoxy groups -OCH3 is 1. The molecule has 0 aliphatic rings. The van der Waals surface area contributed by atoms with Crippen LogP contribution < -0.4 is 14.8 Å². The Balaban J connectivity index is 2.60. The van der Waals surface area contributed by atoms with Crippen molar-refractivity contribution in [3.8, 4) is 5.75 Å². The van der Waals surface area contributed by atoms with Crippen molar-refractivity contribution in [3.05, 3.63) is 28.2 Å². The van der Waals surface area contributed by atoms with Crippen LogP contribution in [0.4, 0.5) is 0 Å². The molecule has 1 rings (SSSR count). The average molecular weight is 365 g/mol. The van der Waals surface area contributed by atoms with Crippen LogP contribution in [0, 0.1) is 0 Å². The molecule has 0 saturated heterocycles. The third-order valence-electron chi connectivity index (χ3n) is 2.60. The Bertz CT molecular complexity index is 559. The minimum Gasteiger partial charge on any atom is -0.497 e. The van der Waals surface area contributed by atoms with Gasteiger partial charge in [0.15, 0.2) is 0 Å². The molecule has 0 heterocycles. The summed E-state index contributed by atoms with van der Waals surface area (Å²) in [6.45, 7) is 4.81. The van der Waals surface area contributed by atoms with E-state index in [1.165, 1.54) is 0 Å². The van der Waals surface area contributed by atoms with E-state index in [4.69, 9.17) is 4.74 Å². The Kier molecular flexibility index (Phi) is 6.00. The molecule has 114 valence electrons. The van der Waals surface area contributed by atoms with Crippen molar-refractivity contribution in [1.82, 2.24) is 10.0 Å². The maximum Gasteiger partial charge on any atom is 0.209 e. The first kappa shape index (κ1) is 17.4. The van der Waals surface area contributed by atoms with Gasteiger partial charge in [0.25, 0.3) is 0 Å². The zero-order valence-corrected chi connectivity index (χ0v) is 14.6. The number of ether oxygens (including phenoxy) is 1. The summed E-state index contributed by atoms with van der Waals surface area (Å²) in [5.74, 6) is 0.790. The molecule has 7 heteroatoms. The lowest BCUT2D eigenvalue weighted by molar-refractivity contribution is 0.411. The van der Waals surface area contributed by atoms with Crippen molar-refractivity contribution < 1.29 is 13.2 Å². The van der Waals surface area contributed by atoms with Gasteiger partial charge in [-0.3, -0.25) is 0 Å². The van der Waals surface area contributed by atoms with Gasteiger partial charge in [0.1, 0.15) is 5.75 Å². The first-order valence-electron chi connectivity index (χ1n) is 6.15. The molecule has 2 N–H and O–H groups in total. The third-order valence-corrected chi connectivity index (χ3v) is 4.29. The summed E-state index contributed by atoms with van der Waals surface area (Å²) >= 11 is 3.48. The molecule has 1 aromatic carbocycles. The van der Waals surface area contributed by atoms with Gasteiger partial charge in [0.05, 0.1) is 13.4 Å². The van der Waals surface area contributed by atoms with Crippen LogP contribution in [0.3, 0.4) is 0 Å². The van der Waals surface area contributed by atoms with Crippen molar-refractivity contribution in [3.63, 3.8) is 0 Å². The molecule has 0 atom stereocenters. The number of rotatable bonds is 7. The van der Waals surface area contributed by atoms with Crippen LogP contribution in [0.5, 0.6) is 5.75 Å². The van der Waals surface area contributed by atoms with Crippen molar-refractivity contribution >= 4 is 26.0 Å². The van der Waals surface area contributed by atoms with Crippen molar-refractivity contribution in [2.24, 2.45) is 0 Å². The standard InChI is InChI=1S/C13H21BrN2O3S/c1-13(2,16-20(4,17)18)9-15-8-10-7-11(19-3)5-6-12(10)14/h5-7,15-16H,8-9H2,1-4H3. The van der Waals surface area contributed by atoms with E-state index in [9.17, 15) is 8.42 Å². The predicted octanol–water partition coefficient (Wildman–Crippen LogP) is 1.88. The zero-order chi connectivity index (χ0) is 15.4. The van der Waals surface area contributed by atoms with Crippen LogP contribution in [0.15, 0.2) is 22.7 Å². The molecule has 0 aliphatic carbocycles. The molecular weight excluding hydrogens is 344 g/mol. The van der Waals surface area contributed by atoms with E-state index in [-0.39, 0.29) is 0 Å². The fourth-order valence-electron chi connectivity index (χ4n) is 1.86. The topological polar surface area (TPSA) is 67.4 Å². The molecule has 20 heavy (non-hydrogen) atoms. The zero-order valence-electron chi connectivity index (χ0n) is 12.2. The molecule has 5 nitrogen and oxygen atoms in total. The highest BCUT2D eigenvalue weighted by molar-refractivity contribution is 9.10. The molecule has 1 aromatic rings. The second-order valence-corrected chi connectivity index (χ2v) is 7.92. The monoisotopic (exact) mass is 364 g/mol. The summed E-state index contributed by atoms with van der Waals surface area (Å²) in [4.78, 5) is 0. The second kappa shape index (κ2) is 6.89. The van der Waals surface area contributed by atoms with Gasteiger partial charge in [-0.2, -0.15) is 0 Å². The molecule has 0 bridgehead atoms. The Morgan fingerprint density at radius 2 is 2.00 bits per heavy atom. The van der Waals surface area contributed by atoms with Crippen LogP contribution >= 0.6 is 15.9 Å². The van der Waals surface area contributed by atoms with Crippen molar-refractivity contribution in [1.29, 1.82) is 0 Å². The maximum absolute atomic E-state index is 11.3. The van der Waals surface area contributed by atoms with Crippen LogP contribution in [0.1, 0.15) is 19.4 Å². The highest BCUT2D eigenvalue weighted by Gasteiger charge is 2.21. The first-order chi connectivity index (χ1) is 9.13. The second-order valence-electron chi connectivity index (χ2n) is 5.32. The molecular formula is C13H21BrN2O3S. The summed E-state index contributed by atoms with van der Waals surface area (Å²) in [7, 11) is -1.59. The lowest BCUT2D eigenvalue weighted by atomic mass is 10.1. The minimum atomic E-state index is -3.21. The SMILES string of the molecule is COc1ccc(Br)c(CNCC(C)(C)NS(C)(=O)=O)c1. The lowest BCUT2D eigenvalue weighted by Gasteiger charge is -2.25. The van der Waals surface area contributed by atoms with Crippen molar-refractivity contribution in [2.45, 2.75) is 25.9 Å². The Hall–Kier alpha value is -0.630. The van der Waals surface area contributed by atoms with E-state index in [0.29, 0.717) is 13.1 Å². The molecule has 0 saturated carbocycles. The summed E-state index contributed by atoms with van der Waals surface area (Å²) in [5, 5.41) is 3.24. The number of hydrogen-bond donors (Lipinski definition) is 2. The molecule has 0 unspecified atom stereocenters. The normalized spacial score (nSPS) is 12.4. The minimum absolute atomic E-state index is 0.518. The van der Waals surface area contributed by atoms with Gasteiger partial charge < -0.3 is 10.1 Å². The smallest absolute Gasteiger partial charge is 0.209 e. The van der Waals surface area contributed by atoms with E-state index in [2.05, 4.69) is 26.0 Å². The largest absolute Gasteiger partial charge is 0.497 e. The van der Waals surface area contributed by atoms with Gasteiger partial charge in [-0.05, 0) is 37.6 Å². The van der Waals surface area contributed by atoms with E-state index >= 15 is 0 Å². The molecule has 0 amide bonds. The fraction of sp³-hybridized carbons (Fsp3) is 0.538. The number of benzene rings is 1. The van der Waals surface area contributed by atoms with Crippen LogP contribution in [0.25, 0.3) is 0 Å². The first-order valence-corrected chi connectivity index (χ1v) is 8.83. The van der Waals surface area contributed by atoms with Crippen LogP contribution in [0.2, 0.25) is 0 Å². The molecule has 0 radical (unpaired) electrons. The van der Waals surface area contributed by atoms with E-state index < -0.39 is 15.6 Å². The number of sulfonamides is 1. The average Bonchev–Trinajstić information content (AvgIpc) is 2.28. The predicted molar refractivity (Wildman–Crippen MR) is 84.5 cm³/mol. The number of halogens is 1. The van der Waals surface area contributed by atoms with Crippen molar-refractivity contribution in [2.75, 3.05) is 19.9 Å². The molecule has 0 aromatic heterocycles. The van der Waals surface area contributed by atoms with Gasteiger partial charge in [-0.25, -0.2) is 13.1 Å². The van der Waals surface area contributed by atoms with Gasteiger partial charge in [-0.1, -0.05) is 15.9 Å². The van der Waals surface area contributed by atoms with Gasteiger partial charge >= 0.3 is 0 Å². The summed E-state index contributed by atoms with van der Waals surface area (Å²) in [5.41, 5.74) is 0.512. The molecule has 0 fully saturated rings. The fourth-order valence-corrected chi connectivity index (χ4v) is 3.32. The quantitative estimate of drug-likeness (QED) is 0.774. The highest BCUT2D eigenvalue weighted by atomic mass is 79.9.